The first kappa shape index (κ1) is 15.0. The van der Waals surface area contributed by atoms with E-state index in [0.29, 0.717) is 19.4 Å². The molecule has 18 heavy (non-hydrogen) atoms. The first-order valence-electron chi connectivity index (χ1n) is 5.45. The van der Waals surface area contributed by atoms with Crippen LogP contribution in [0.5, 0.6) is 0 Å². The first-order chi connectivity index (χ1) is 8.47. The third-order valence-corrected chi connectivity index (χ3v) is 4.33. The number of anilines is 1. The summed E-state index contributed by atoms with van der Waals surface area (Å²) in [7, 11) is -3.54. The Morgan fingerprint density at radius 1 is 1.39 bits per heavy atom. The minimum Gasteiger partial charge on any atom is -0.398 e. The van der Waals surface area contributed by atoms with Gasteiger partial charge in [-0.25, -0.2) is 13.1 Å². The molecule has 0 unspecified atom stereocenters. The van der Waals surface area contributed by atoms with Crippen molar-refractivity contribution in [2.45, 2.75) is 24.2 Å². The second kappa shape index (κ2) is 6.78. The van der Waals surface area contributed by atoms with Gasteiger partial charge in [-0.05, 0) is 31.0 Å². The molecule has 0 aromatic heterocycles. The Bertz CT molecular complexity index is 550. The molecule has 3 N–H and O–H groups in total. The molecule has 0 aliphatic carbocycles. The molecule has 98 valence electrons. The van der Waals surface area contributed by atoms with E-state index in [1.807, 2.05) is 0 Å². The van der Waals surface area contributed by atoms with Gasteiger partial charge < -0.3 is 5.73 Å². The fraction of sp³-hybridized carbons (Fsp3) is 0.333. The van der Waals surface area contributed by atoms with Crippen LogP contribution in [0.25, 0.3) is 0 Å². The molecule has 1 aromatic rings. The Morgan fingerprint density at radius 3 is 2.72 bits per heavy atom. The van der Waals surface area contributed by atoms with Gasteiger partial charge in [0.25, 0.3) is 0 Å². The summed E-state index contributed by atoms with van der Waals surface area (Å²) in [6, 6.07) is 4.68. The Labute approximate surface area is 116 Å². The van der Waals surface area contributed by atoms with Crippen LogP contribution >= 0.6 is 15.9 Å². The lowest BCUT2D eigenvalue weighted by Gasteiger charge is -2.09. The summed E-state index contributed by atoms with van der Waals surface area (Å²) in [5, 5.41) is 0. The van der Waals surface area contributed by atoms with Crippen LogP contribution in [0.4, 0.5) is 5.69 Å². The molecule has 0 aliphatic heterocycles. The molecule has 0 bridgehead atoms. The summed E-state index contributed by atoms with van der Waals surface area (Å²) in [5.41, 5.74) is 5.91. The van der Waals surface area contributed by atoms with E-state index in [0.717, 1.165) is 10.9 Å². The maximum atomic E-state index is 12.0. The second-order valence-corrected chi connectivity index (χ2v) is 6.39. The fourth-order valence-electron chi connectivity index (χ4n) is 1.40. The zero-order valence-electron chi connectivity index (χ0n) is 9.82. The quantitative estimate of drug-likeness (QED) is 0.476. The molecule has 0 spiro atoms. The van der Waals surface area contributed by atoms with Gasteiger partial charge in [-0.1, -0.05) is 15.9 Å². The minimum atomic E-state index is -3.54. The molecule has 1 rings (SSSR count). The zero-order valence-corrected chi connectivity index (χ0v) is 12.2. The molecule has 0 atom stereocenters. The third kappa shape index (κ3) is 4.33. The first-order valence-corrected chi connectivity index (χ1v) is 7.73. The Hall–Kier alpha value is -1.03. The van der Waals surface area contributed by atoms with Gasteiger partial charge in [0.2, 0.25) is 10.0 Å². The number of nitrogens with one attached hydrogen (secondary N) is 1. The van der Waals surface area contributed by atoms with Crippen LogP contribution in [-0.4, -0.2) is 15.0 Å². The Balaban J connectivity index is 2.66. The predicted molar refractivity (Wildman–Crippen MR) is 76.4 cm³/mol. The van der Waals surface area contributed by atoms with Crippen LogP contribution < -0.4 is 10.5 Å². The average molecular weight is 331 g/mol. The third-order valence-electron chi connectivity index (χ3n) is 2.30. The lowest BCUT2D eigenvalue weighted by molar-refractivity contribution is 0.578. The van der Waals surface area contributed by atoms with Gasteiger partial charge in [0.05, 0.1) is 5.69 Å². The molecule has 0 saturated heterocycles. The van der Waals surface area contributed by atoms with Gasteiger partial charge in [-0.2, -0.15) is 0 Å². The topological polar surface area (TPSA) is 72.2 Å². The van der Waals surface area contributed by atoms with E-state index in [1.165, 1.54) is 6.07 Å². The molecule has 6 heteroatoms. The van der Waals surface area contributed by atoms with Crippen LogP contribution in [0.1, 0.15) is 19.3 Å². The highest BCUT2D eigenvalue weighted by Gasteiger charge is 2.16. The fourth-order valence-corrected chi connectivity index (χ4v) is 2.96. The van der Waals surface area contributed by atoms with E-state index in [9.17, 15) is 8.42 Å². The maximum Gasteiger partial charge on any atom is 0.242 e. The van der Waals surface area contributed by atoms with Gasteiger partial charge in [-0.15, -0.1) is 12.3 Å². The number of hydrogen-bond acceptors (Lipinski definition) is 3. The number of halogens is 1. The van der Waals surface area contributed by atoms with Gasteiger partial charge in [0.15, 0.2) is 0 Å². The van der Waals surface area contributed by atoms with E-state index in [4.69, 9.17) is 12.2 Å². The number of sulfonamides is 1. The molecular weight excluding hydrogens is 316 g/mol. The van der Waals surface area contributed by atoms with Crippen molar-refractivity contribution in [3.8, 4) is 12.3 Å². The lowest BCUT2D eigenvalue weighted by atomic mass is 10.2. The van der Waals surface area contributed by atoms with Gasteiger partial charge in [-0.3, -0.25) is 0 Å². The van der Waals surface area contributed by atoms with Crippen LogP contribution in [-0.2, 0) is 10.0 Å². The van der Waals surface area contributed by atoms with Crippen molar-refractivity contribution in [2.24, 2.45) is 0 Å². The second-order valence-electron chi connectivity index (χ2n) is 3.74. The van der Waals surface area contributed by atoms with E-state index >= 15 is 0 Å². The smallest absolute Gasteiger partial charge is 0.242 e. The highest BCUT2D eigenvalue weighted by Crippen LogP contribution is 2.22. The average Bonchev–Trinajstić information content (AvgIpc) is 2.28. The van der Waals surface area contributed by atoms with Crippen LogP contribution in [0.2, 0.25) is 0 Å². The number of nitrogen functional groups attached to an aromatic ring is 1. The molecule has 0 saturated carbocycles. The van der Waals surface area contributed by atoms with E-state index in [1.54, 1.807) is 12.1 Å². The number of hydrogen-bond donors (Lipinski definition) is 2. The number of rotatable bonds is 6. The van der Waals surface area contributed by atoms with Crippen molar-refractivity contribution in [2.75, 3.05) is 12.3 Å². The highest BCUT2D eigenvalue weighted by molar-refractivity contribution is 9.10. The lowest BCUT2D eigenvalue weighted by Crippen LogP contribution is -2.25. The summed E-state index contributed by atoms with van der Waals surface area (Å²) >= 11 is 3.23. The molecule has 0 heterocycles. The molecule has 4 nitrogen and oxygen atoms in total. The maximum absolute atomic E-state index is 12.0. The van der Waals surface area contributed by atoms with Crippen LogP contribution in [0.15, 0.2) is 27.6 Å². The monoisotopic (exact) mass is 330 g/mol. The van der Waals surface area contributed by atoms with E-state index < -0.39 is 10.0 Å². The summed E-state index contributed by atoms with van der Waals surface area (Å²) < 4.78 is 27.1. The molecule has 0 radical (unpaired) electrons. The molecular formula is C12H15BrN2O2S. The van der Waals surface area contributed by atoms with Crippen molar-refractivity contribution in [3.05, 3.63) is 22.7 Å². The predicted octanol–water partition coefficient (Wildman–Crippen LogP) is 2.11. The van der Waals surface area contributed by atoms with Crippen molar-refractivity contribution in [3.63, 3.8) is 0 Å². The van der Waals surface area contributed by atoms with E-state index in [-0.39, 0.29) is 10.6 Å². The van der Waals surface area contributed by atoms with Crippen LogP contribution in [0, 0.1) is 12.3 Å². The minimum absolute atomic E-state index is 0.0997. The van der Waals surface area contributed by atoms with Crippen LogP contribution in [0.3, 0.4) is 0 Å². The summed E-state index contributed by atoms with van der Waals surface area (Å²) in [6.07, 6.45) is 7.28. The van der Waals surface area contributed by atoms with Gasteiger partial charge >= 0.3 is 0 Å². The molecule has 0 amide bonds. The van der Waals surface area contributed by atoms with Gasteiger partial charge in [0, 0.05) is 17.4 Å². The number of benzene rings is 1. The number of unbranched alkanes of at least 4 members (excludes halogenated alkanes) is 2. The van der Waals surface area contributed by atoms with Gasteiger partial charge in [0.1, 0.15) is 4.90 Å². The van der Waals surface area contributed by atoms with Crippen molar-refractivity contribution in [1.29, 1.82) is 0 Å². The Morgan fingerprint density at radius 2 is 2.11 bits per heavy atom. The number of nitrogens with two attached hydrogens (primary N) is 1. The molecule has 0 fully saturated rings. The normalized spacial score (nSPS) is 11.1. The summed E-state index contributed by atoms with van der Waals surface area (Å²) in [4.78, 5) is 0.0997. The highest BCUT2D eigenvalue weighted by atomic mass is 79.9. The summed E-state index contributed by atoms with van der Waals surface area (Å²) in [6.45, 7) is 0.361. The van der Waals surface area contributed by atoms with Crippen molar-refractivity contribution >= 4 is 31.6 Å². The number of terminal acetylenes is 1. The Kier molecular flexibility index (Phi) is 5.66. The van der Waals surface area contributed by atoms with Crippen molar-refractivity contribution in [1.82, 2.24) is 4.72 Å². The molecule has 0 aliphatic rings. The van der Waals surface area contributed by atoms with E-state index in [2.05, 4.69) is 26.6 Å². The van der Waals surface area contributed by atoms with Crippen molar-refractivity contribution < 1.29 is 8.42 Å². The largest absolute Gasteiger partial charge is 0.398 e. The standard InChI is InChI=1S/C12H15BrN2O2S/c1-2-3-4-5-8-15-18(16,17)12-7-6-10(13)9-11(12)14/h1,6-7,9,15H,3-5,8,14H2. The summed E-state index contributed by atoms with van der Waals surface area (Å²) in [5.74, 6) is 2.51. The SMILES string of the molecule is C#CCCCCNS(=O)(=O)c1ccc(Br)cc1N. The molecule has 1 aromatic carbocycles. The zero-order chi connectivity index (χ0) is 13.6.